The molecule has 0 saturated carbocycles. The fourth-order valence-corrected chi connectivity index (χ4v) is 0.362. The van der Waals surface area contributed by atoms with Crippen LogP contribution in [0.2, 0.25) is 0 Å². The van der Waals surface area contributed by atoms with Gasteiger partial charge in [-0.05, 0) is 19.8 Å². The maximum Gasteiger partial charge on any atom is 0.0430 e. The Morgan fingerprint density at radius 3 is 1.53 bits per heavy atom. The van der Waals surface area contributed by atoms with Crippen molar-refractivity contribution in [2.45, 2.75) is 46.5 Å². The Balaban J connectivity index is -0.000000147. The van der Waals surface area contributed by atoms with Crippen molar-refractivity contribution in [3.05, 3.63) is 0 Å². The van der Waals surface area contributed by atoms with Crippen LogP contribution in [-0.2, 0) is 9.59 Å². The van der Waals surface area contributed by atoms with Gasteiger partial charge in [0.15, 0.2) is 0 Å². The van der Waals surface area contributed by atoms with Crippen molar-refractivity contribution in [3.63, 3.8) is 0 Å². The van der Waals surface area contributed by atoms with Gasteiger partial charge in [0.1, 0.15) is 0 Å². The number of carboxylic acid groups (broad SMARTS) is 2. The third-order valence-electron chi connectivity index (χ3n) is 0.966. The minimum atomic E-state index is -1.08. The van der Waals surface area contributed by atoms with E-state index in [0.29, 0.717) is 13.0 Å². The van der Waals surface area contributed by atoms with Gasteiger partial charge < -0.3 is 24.9 Å². The summed E-state index contributed by atoms with van der Waals surface area (Å²) in [6.45, 7) is 5.17. The van der Waals surface area contributed by atoms with E-state index in [4.69, 9.17) is 15.0 Å². The Hall–Kier alpha value is -1.10. The molecular weight excluding hydrogens is 200 g/mol. The number of carbonyl (C=O) groups is 2. The summed E-state index contributed by atoms with van der Waals surface area (Å²) in [5.41, 5.74) is 0. The van der Waals surface area contributed by atoms with Crippen LogP contribution >= 0.6 is 0 Å². The Morgan fingerprint density at radius 2 is 1.53 bits per heavy atom. The molecule has 0 aromatic rings. The van der Waals surface area contributed by atoms with Gasteiger partial charge in [-0.2, -0.15) is 0 Å². The summed E-state index contributed by atoms with van der Waals surface area (Å²) < 4.78 is 0. The van der Waals surface area contributed by atoms with Gasteiger partial charge >= 0.3 is 0 Å². The molecule has 0 heterocycles. The molecule has 0 aromatic heterocycles. The second kappa shape index (κ2) is 18.6. The van der Waals surface area contributed by atoms with Gasteiger partial charge in [-0.15, -0.1) is 0 Å². The average Bonchev–Trinajstić information content (AvgIpc) is 2.05. The van der Waals surface area contributed by atoms with Gasteiger partial charge in [0, 0.05) is 18.5 Å². The lowest BCUT2D eigenvalue weighted by molar-refractivity contribution is -0.306. The Bertz CT molecular complexity index is 139. The molecule has 0 spiro atoms. The van der Waals surface area contributed by atoms with Gasteiger partial charge in [-0.3, -0.25) is 0 Å². The number of aliphatic hydroxyl groups excluding tert-OH is 1. The highest BCUT2D eigenvalue weighted by Gasteiger charge is 1.75. The number of unbranched alkanes of at least 4 members (excludes halogenated alkanes) is 1. The predicted molar refractivity (Wildman–Crippen MR) is 52.6 cm³/mol. The van der Waals surface area contributed by atoms with Crippen LogP contribution in [0, 0.1) is 0 Å². The summed E-state index contributed by atoms with van der Waals surface area (Å²) in [6.07, 6.45) is 2.89. The van der Waals surface area contributed by atoms with E-state index >= 15 is 0 Å². The Kier molecular flexibility index (Phi) is 24.2. The number of aliphatic carboxylic acids is 2. The number of hydrogen-bond donors (Lipinski definition) is 1. The van der Waals surface area contributed by atoms with E-state index in [0.717, 1.165) is 19.8 Å². The summed E-state index contributed by atoms with van der Waals surface area (Å²) in [5.74, 6) is -2.04. The van der Waals surface area contributed by atoms with E-state index in [2.05, 4.69) is 6.92 Å². The maximum absolute atomic E-state index is 9.49. The van der Waals surface area contributed by atoms with Crippen molar-refractivity contribution in [1.82, 2.24) is 0 Å². The maximum atomic E-state index is 9.49. The molecule has 0 aliphatic carbocycles. The molecule has 0 bridgehead atoms. The smallest absolute Gasteiger partial charge is 0.0430 e. The minimum absolute atomic E-state index is 0.181. The highest BCUT2D eigenvalue weighted by molar-refractivity contribution is 5.63. The normalized spacial score (nSPS) is 7.73. The van der Waals surface area contributed by atoms with Gasteiger partial charge in [0.05, 0.1) is 0 Å². The SMILES string of the molecule is CC(=O)[O-].CCCC(=O)[O-].CCCCO. The fraction of sp³-hybridized carbons (Fsp3) is 0.800. The molecule has 0 radical (unpaired) electrons. The largest absolute Gasteiger partial charge is 0.550 e. The summed E-state index contributed by atoms with van der Waals surface area (Å²) >= 11 is 0. The Morgan fingerprint density at radius 1 is 1.13 bits per heavy atom. The number of aliphatic hydroxyl groups is 1. The van der Waals surface area contributed by atoms with E-state index in [-0.39, 0.29) is 6.42 Å². The van der Waals surface area contributed by atoms with Crippen LogP contribution < -0.4 is 10.2 Å². The summed E-state index contributed by atoms with van der Waals surface area (Å²) in [4.78, 5) is 18.4. The van der Waals surface area contributed by atoms with Crippen molar-refractivity contribution < 1.29 is 24.9 Å². The van der Waals surface area contributed by atoms with Crippen LogP contribution in [0.15, 0.2) is 0 Å². The second-order valence-corrected chi connectivity index (χ2v) is 2.69. The molecule has 0 aromatic carbocycles. The zero-order valence-electron chi connectivity index (χ0n) is 9.62. The van der Waals surface area contributed by atoms with Crippen molar-refractivity contribution in [2.24, 2.45) is 0 Å². The molecule has 0 aliphatic heterocycles. The highest BCUT2D eigenvalue weighted by Crippen LogP contribution is 1.79. The monoisotopic (exact) mass is 220 g/mol. The fourth-order valence-electron chi connectivity index (χ4n) is 0.362. The molecule has 5 heteroatoms. The molecule has 5 nitrogen and oxygen atoms in total. The summed E-state index contributed by atoms with van der Waals surface area (Å²) in [7, 11) is 0. The lowest BCUT2D eigenvalue weighted by atomic mass is 10.4. The summed E-state index contributed by atoms with van der Waals surface area (Å²) in [6, 6.07) is 0. The topological polar surface area (TPSA) is 100 Å². The van der Waals surface area contributed by atoms with Gasteiger partial charge in [-0.25, -0.2) is 0 Å². The van der Waals surface area contributed by atoms with E-state index < -0.39 is 11.9 Å². The predicted octanol–water partition coefficient (Wildman–Crippen LogP) is -0.929. The third kappa shape index (κ3) is 101. The van der Waals surface area contributed by atoms with E-state index in [1.165, 1.54) is 0 Å². The minimum Gasteiger partial charge on any atom is -0.550 e. The molecule has 0 atom stereocenters. The molecule has 0 fully saturated rings. The third-order valence-corrected chi connectivity index (χ3v) is 0.966. The first-order chi connectivity index (χ1) is 6.92. The molecule has 92 valence electrons. The highest BCUT2D eigenvalue weighted by atomic mass is 16.4. The van der Waals surface area contributed by atoms with Gasteiger partial charge in [0.2, 0.25) is 0 Å². The van der Waals surface area contributed by atoms with Crippen LogP contribution in [0.25, 0.3) is 0 Å². The second-order valence-electron chi connectivity index (χ2n) is 2.69. The zero-order chi connectivity index (χ0) is 12.7. The van der Waals surface area contributed by atoms with Crippen LogP contribution in [-0.4, -0.2) is 23.7 Å². The van der Waals surface area contributed by atoms with Crippen LogP contribution in [0.4, 0.5) is 0 Å². The van der Waals surface area contributed by atoms with Crippen molar-refractivity contribution >= 4 is 11.9 Å². The molecule has 0 saturated heterocycles. The molecular formula is C10H20O5-2. The first kappa shape index (κ1) is 19.5. The lowest BCUT2D eigenvalue weighted by Crippen LogP contribution is -2.20. The molecule has 0 aliphatic rings. The molecule has 0 amide bonds. The van der Waals surface area contributed by atoms with Crippen LogP contribution in [0.5, 0.6) is 0 Å². The Labute approximate surface area is 90.7 Å². The number of carboxylic acids is 2. The first-order valence-corrected chi connectivity index (χ1v) is 4.90. The quantitative estimate of drug-likeness (QED) is 0.659. The first-order valence-electron chi connectivity index (χ1n) is 4.90. The molecule has 15 heavy (non-hydrogen) atoms. The van der Waals surface area contributed by atoms with Gasteiger partial charge in [0.25, 0.3) is 0 Å². The number of hydrogen-bond acceptors (Lipinski definition) is 5. The van der Waals surface area contributed by atoms with Crippen molar-refractivity contribution in [1.29, 1.82) is 0 Å². The average molecular weight is 220 g/mol. The summed E-state index contributed by atoms with van der Waals surface area (Å²) in [5, 5.41) is 26.4. The van der Waals surface area contributed by atoms with E-state index in [9.17, 15) is 9.90 Å². The van der Waals surface area contributed by atoms with Crippen LogP contribution in [0.3, 0.4) is 0 Å². The van der Waals surface area contributed by atoms with E-state index in [1.807, 2.05) is 0 Å². The lowest BCUT2D eigenvalue weighted by Gasteiger charge is -1.92. The number of carbonyl (C=O) groups excluding carboxylic acids is 2. The van der Waals surface area contributed by atoms with E-state index in [1.54, 1.807) is 6.92 Å². The number of rotatable bonds is 4. The van der Waals surface area contributed by atoms with Crippen molar-refractivity contribution in [3.8, 4) is 0 Å². The zero-order valence-corrected chi connectivity index (χ0v) is 9.62. The van der Waals surface area contributed by atoms with Crippen LogP contribution in [0.1, 0.15) is 46.5 Å². The van der Waals surface area contributed by atoms with Gasteiger partial charge in [-0.1, -0.05) is 26.7 Å². The molecule has 1 N–H and O–H groups in total. The standard InChI is InChI=1S/C4H8O2.C4H10O.C2H4O2/c1-2-3-4(5)6;1-2-3-4-5;1-2(3)4/h2-3H2,1H3,(H,5,6);5H,2-4H2,1H3;1H3,(H,3,4)/p-2. The van der Waals surface area contributed by atoms with Crippen molar-refractivity contribution in [2.75, 3.05) is 6.61 Å². The molecule has 0 unspecified atom stereocenters. The molecule has 0 rings (SSSR count).